The largest absolute Gasteiger partial charge is 0.316 e. The number of fused-ring (bicyclic) bond motifs is 1. The van der Waals surface area contributed by atoms with Gasteiger partial charge in [-0.25, -0.2) is 0 Å². The van der Waals surface area contributed by atoms with Crippen molar-refractivity contribution < 1.29 is 0 Å². The highest BCUT2D eigenvalue weighted by atomic mass is 15.3. The van der Waals surface area contributed by atoms with Gasteiger partial charge in [0.15, 0.2) is 0 Å². The van der Waals surface area contributed by atoms with E-state index in [0.29, 0.717) is 5.54 Å². The fourth-order valence-electron chi connectivity index (χ4n) is 3.88. The third-order valence-electron chi connectivity index (χ3n) is 5.11. The molecule has 0 bridgehead atoms. The molecular formula is C15H26N4. The fraction of sp³-hybridized carbons (Fsp3) is 0.800. The second kappa shape index (κ2) is 4.91. The van der Waals surface area contributed by atoms with Crippen LogP contribution in [-0.2, 0) is 13.1 Å². The Morgan fingerprint density at radius 3 is 3.00 bits per heavy atom. The lowest BCUT2D eigenvalue weighted by Crippen LogP contribution is -2.44. The molecule has 2 aliphatic heterocycles. The molecule has 3 rings (SSSR count). The standard InChI is InChI=1S/C15H26N4/c1-4-7-19-13(5-6-17-19)11-18-10-12-8-16-9-14(12)15(18,2)3/h5-6,12,14,16H,4,7-11H2,1-3H3. The molecule has 0 saturated carbocycles. The van der Waals surface area contributed by atoms with Crippen LogP contribution in [0, 0.1) is 11.8 Å². The Hall–Kier alpha value is -0.870. The summed E-state index contributed by atoms with van der Waals surface area (Å²) in [7, 11) is 0. The van der Waals surface area contributed by atoms with Crippen LogP contribution < -0.4 is 5.32 Å². The van der Waals surface area contributed by atoms with E-state index in [9.17, 15) is 0 Å². The number of likely N-dealkylation sites (tertiary alicyclic amines) is 1. The first-order valence-corrected chi connectivity index (χ1v) is 7.59. The van der Waals surface area contributed by atoms with Crippen LogP contribution in [0.2, 0.25) is 0 Å². The molecule has 0 aromatic carbocycles. The molecule has 4 nitrogen and oxygen atoms in total. The average molecular weight is 262 g/mol. The lowest BCUT2D eigenvalue weighted by Gasteiger charge is -2.35. The van der Waals surface area contributed by atoms with Crippen molar-refractivity contribution in [3.8, 4) is 0 Å². The van der Waals surface area contributed by atoms with Crippen LogP contribution in [0.4, 0.5) is 0 Å². The normalized spacial score (nSPS) is 29.8. The van der Waals surface area contributed by atoms with Gasteiger partial charge in [-0.15, -0.1) is 0 Å². The van der Waals surface area contributed by atoms with Crippen LogP contribution in [0.15, 0.2) is 12.3 Å². The molecule has 2 aliphatic rings. The molecule has 0 amide bonds. The molecule has 0 spiro atoms. The van der Waals surface area contributed by atoms with Crippen molar-refractivity contribution in [1.29, 1.82) is 0 Å². The smallest absolute Gasteiger partial charge is 0.0524 e. The van der Waals surface area contributed by atoms with Gasteiger partial charge < -0.3 is 5.32 Å². The minimum absolute atomic E-state index is 0.301. The van der Waals surface area contributed by atoms with Gasteiger partial charge in [-0.05, 0) is 44.7 Å². The van der Waals surface area contributed by atoms with Crippen molar-refractivity contribution in [2.24, 2.45) is 11.8 Å². The van der Waals surface area contributed by atoms with Gasteiger partial charge in [0.05, 0.1) is 5.69 Å². The molecule has 106 valence electrons. The molecule has 1 N–H and O–H groups in total. The fourth-order valence-corrected chi connectivity index (χ4v) is 3.88. The average Bonchev–Trinajstić information content (AvgIpc) is 3.02. The van der Waals surface area contributed by atoms with Crippen molar-refractivity contribution in [2.75, 3.05) is 19.6 Å². The maximum atomic E-state index is 4.45. The van der Waals surface area contributed by atoms with Gasteiger partial charge in [-0.2, -0.15) is 5.10 Å². The lowest BCUT2D eigenvalue weighted by molar-refractivity contribution is 0.128. The van der Waals surface area contributed by atoms with E-state index >= 15 is 0 Å². The topological polar surface area (TPSA) is 33.1 Å². The Bertz CT molecular complexity index is 437. The lowest BCUT2D eigenvalue weighted by atomic mass is 9.85. The van der Waals surface area contributed by atoms with Gasteiger partial charge >= 0.3 is 0 Å². The summed E-state index contributed by atoms with van der Waals surface area (Å²) in [5.41, 5.74) is 1.66. The van der Waals surface area contributed by atoms with E-state index in [1.807, 2.05) is 6.20 Å². The van der Waals surface area contributed by atoms with Crippen LogP contribution in [-0.4, -0.2) is 39.9 Å². The summed E-state index contributed by atoms with van der Waals surface area (Å²) in [6.07, 6.45) is 3.09. The Morgan fingerprint density at radius 2 is 2.26 bits per heavy atom. The zero-order valence-corrected chi connectivity index (χ0v) is 12.4. The monoisotopic (exact) mass is 262 g/mol. The summed E-state index contributed by atoms with van der Waals surface area (Å²) < 4.78 is 2.17. The van der Waals surface area contributed by atoms with E-state index < -0.39 is 0 Å². The van der Waals surface area contributed by atoms with Gasteiger partial charge in [-0.3, -0.25) is 9.58 Å². The minimum Gasteiger partial charge on any atom is -0.316 e. The van der Waals surface area contributed by atoms with Crippen molar-refractivity contribution in [3.63, 3.8) is 0 Å². The molecule has 1 aromatic heterocycles. The van der Waals surface area contributed by atoms with E-state index in [2.05, 4.69) is 46.8 Å². The highest BCUT2D eigenvalue weighted by molar-refractivity contribution is 5.08. The second-order valence-corrected chi connectivity index (χ2v) is 6.60. The zero-order chi connectivity index (χ0) is 13.5. The zero-order valence-electron chi connectivity index (χ0n) is 12.4. The van der Waals surface area contributed by atoms with Crippen molar-refractivity contribution in [1.82, 2.24) is 20.0 Å². The van der Waals surface area contributed by atoms with Crippen molar-refractivity contribution in [2.45, 2.75) is 45.8 Å². The van der Waals surface area contributed by atoms with Crippen LogP contribution in [0.5, 0.6) is 0 Å². The van der Waals surface area contributed by atoms with Gasteiger partial charge in [0.25, 0.3) is 0 Å². The van der Waals surface area contributed by atoms with Crippen LogP contribution in [0.1, 0.15) is 32.9 Å². The highest BCUT2D eigenvalue weighted by Crippen LogP contribution is 2.41. The summed E-state index contributed by atoms with van der Waals surface area (Å²) in [4.78, 5) is 2.66. The number of nitrogens with zero attached hydrogens (tertiary/aromatic N) is 3. The molecule has 3 heterocycles. The van der Waals surface area contributed by atoms with Crippen molar-refractivity contribution in [3.05, 3.63) is 18.0 Å². The first-order valence-electron chi connectivity index (χ1n) is 7.59. The predicted octanol–water partition coefficient (Wildman–Crippen LogP) is 1.72. The molecule has 1 aromatic rings. The van der Waals surface area contributed by atoms with Gasteiger partial charge in [0, 0.05) is 37.9 Å². The van der Waals surface area contributed by atoms with E-state index in [-0.39, 0.29) is 0 Å². The van der Waals surface area contributed by atoms with Crippen molar-refractivity contribution >= 4 is 0 Å². The summed E-state index contributed by atoms with van der Waals surface area (Å²) in [6.45, 7) is 12.7. The van der Waals surface area contributed by atoms with Gasteiger partial charge in [0.2, 0.25) is 0 Å². The first kappa shape index (κ1) is 13.1. The second-order valence-electron chi connectivity index (χ2n) is 6.60. The van der Waals surface area contributed by atoms with E-state index in [1.54, 1.807) is 0 Å². The summed E-state index contributed by atoms with van der Waals surface area (Å²) >= 11 is 0. The van der Waals surface area contributed by atoms with Crippen LogP contribution in [0.25, 0.3) is 0 Å². The number of nitrogens with one attached hydrogen (secondary N) is 1. The number of rotatable bonds is 4. The Kier molecular flexibility index (Phi) is 3.39. The number of hydrogen-bond acceptors (Lipinski definition) is 3. The Labute approximate surface area is 116 Å². The summed E-state index contributed by atoms with van der Waals surface area (Å²) in [5.74, 6) is 1.63. The number of aryl methyl sites for hydroxylation is 1. The number of aromatic nitrogens is 2. The molecule has 2 saturated heterocycles. The molecule has 0 aliphatic carbocycles. The van der Waals surface area contributed by atoms with E-state index in [1.165, 1.54) is 25.3 Å². The van der Waals surface area contributed by atoms with Gasteiger partial charge in [-0.1, -0.05) is 6.92 Å². The molecule has 2 atom stereocenters. The molecule has 0 radical (unpaired) electrons. The van der Waals surface area contributed by atoms with E-state index in [4.69, 9.17) is 0 Å². The predicted molar refractivity (Wildman–Crippen MR) is 76.9 cm³/mol. The molecule has 2 fully saturated rings. The highest BCUT2D eigenvalue weighted by Gasteiger charge is 2.49. The molecular weight excluding hydrogens is 236 g/mol. The van der Waals surface area contributed by atoms with Gasteiger partial charge in [0.1, 0.15) is 0 Å². The number of hydrogen-bond donors (Lipinski definition) is 1. The van der Waals surface area contributed by atoms with Crippen LogP contribution in [0.3, 0.4) is 0 Å². The SMILES string of the molecule is CCCn1nccc1CN1CC2CNCC2C1(C)C. The van der Waals surface area contributed by atoms with E-state index in [0.717, 1.165) is 31.3 Å². The maximum Gasteiger partial charge on any atom is 0.0524 e. The maximum absolute atomic E-state index is 4.45. The third-order valence-corrected chi connectivity index (χ3v) is 5.11. The molecule has 2 unspecified atom stereocenters. The quantitative estimate of drug-likeness (QED) is 0.897. The third kappa shape index (κ3) is 2.21. The Morgan fingerprint density at radius 1 is 1.42 bits per heavy atom. The first-order chi connectivity index (χ1) is 9.13. The molecule has 4 heteroatoms. The molecule has 19 heavy (non-hydrogen) atoms. The summed E-state index contributed by atoms with van der Waals surface area (Å²) in [5, 5.41) is 7.99. The Balaban J connectivity index is 1.75. The summed E-state index contributed by atoms with van der Waals surface area (Å²) in [6, 6.07) is 2.18. The minimum atomic E-state index is 0.301. The van der Waals surface area contributed by atoms with Crippen LogP contribution >= 0.6 is 0 Å².